The summed E-state index contributed by atoms with van der Waals surface area (Å²) in [6, 6.07) is 6.04. The van der Waals surface area contributed by atoms with Crippen molar-refractivity contribution in [2.45, 2.75) is 38.5 Å². The van der Waals surface area contributed by atoms with Crippen LogP contribution in [0.2, 0.25) is 0 Å². The summed E-state index contributed by atoms with van der Waals surface area (Å²) in [6.45, 7) is 3.14. The summed E-state index contributed by atoms with van der Waals surface area (Å²) in [5, 5.41) is 11.2. The van der Waals surface area contributed by atoms with Gasteiger partial charge in [0.2, 0.25) is 5.91 Å². The van der Waals surface area contributed by atoms with Crippen LogP contribution in [0.3, 0.4) is 0 Å². The van der Waals surface area contributed by atoms with Crippen molar-refractivity contribution in [3.63, 3.8) is 0 Å². The Balaban J connectivity index is 0.000000360. The first-order valence-corrected chi connectivity index (χ1v) is 11.2. The van der Waals surface area contributed by atoms with Crippen LogP contribution in [0.5, 0.6) is 0 Å². The van der Waals surface area contributed by atoms with E-state index in [1.165, 1.54) is 19.3 Å². The van der Waals surface area contributed by atoms with Gasteiger partial charge in [0.15, 0.2) is 0 Å². The summed E-state index contributed by atoms with van der Waals surface area (Å²) in [4.78, 5) is 27.7. The number of hydrogen-bond acceptors (Lipinski definition) is 5. The molecule has 0 radical (unpaired) electrons. The highest BCUT2D eigenvalue weighted by Gasteiger charge is 2.50. The molecule has 1 aliphatic carbocycles. The fraction of sp³-hybridized carbons (Fsp3) is 0.500. The van der Waals surface area contributed by atoms with Crippen molar-refractivity contribution in [2.75, 3.05) is 19.7 Å². The smallest absolute Gasteiger partial charge is 0.475 e. The molecule has 6 nitrogen and oxygen atoms in total. The van der Waals surface area contributed by atoms with Crippen molar-refractivity contribution in [3.05, 3.63) is 52.5 Å². The first kappa shape index (κ1) is 24.2. The predicted molar refractivity (Wildman–Crippen MR) is 112 cm³/mol. The fourth-order valence-electron chi connectivity index (χ4n) is 4.37. The van der Waals surface area contributed by atoms with Crippen molar-refractivity contribution in [1.29, 1.82) is 0 Å². The van der Waals surface area contributed by atoms with Crippen molar-refractivity contribution in [1.82, 2.24) is 9.88 Å². The van der Waals surface area contributed by atoms with Gasteiger partial charge in [0.05, 0.1) is 19.6 Å². The fourth-order valence-corrected chi connectivity index (χ4v) is 5.04. The SMILES string of the molecule is O=C(Cc1ccsc1)N1C[C@H]2CCC[C@@]2(COCc2ccncc2)C1.O=C(O)C(F)(F)F. The topological polar surface area (TPSA) is 79.7 Å². The van der Waals surface area contributed by atoms with Gasteiger partial charge < -0.3 is 14.7 Å². The van der Waals surface area contributed by atoms with Crippen molar-refractivity contribution >= 4 is 23.2 Å². The number of likely N-dealkylation sites (tertiary alicyclic amines) is 1. The average Bonchev–Trinajstić information content (AvgIpc) is 3.45. The lowest BCUT2D eigenvalue weighted by Gasteiger charge is -2.28. The molecule has 1 saturated carbocycles. The maximum atomic E-state index is 12.7. The van der Waals surface area contributed by atoms with Crippen LogP contribution in [0, 0.1) is 11.3 Å². The van der Waals surface area contributed by atoms with E-state index in [0.29, 0.717) is 18.9 Å². The lowest BCUT2D eigenvalue weighted by Crippen LogP contribution is -2.35. The predicted octanol–water partition coefficient (Wildman–Crippen LogP) is 4.16. The molecule has 1 amide bonds. The molecule has 1 saturated heterocycles. The molecule has 10 heteroatoms. The highest BCUT2D eigenvalue weighted by molar-refractivity contribution is 7.08. The zero-order valence-electron chi connectivity index (χ0n) is 17.4. The van der Waals surface area contributed by atoms with Crippen LogP contribution in [0.4, 0.5) is 13.2 Å². The summed E-state index contributed by atoms with van der Waals surface area (Å²) in [6.07, 6.45) is 2.71. The normalized spacial score (nSPS) is 22.2. The first-order valence-electron chi connectivity index (χ1n) is 10.3. The van der Waals surface area contributed by atoms with Gasteiger partial charge in [-0.1, -0.05) is 6.42 Å². The third-order valence-corrected chi connectivity index (χ3v) is 6.71. The standard InChI is InChI=1S/C20H24N2O2S.C2HF3O2/c23-19(10-17-5-9-25-13-17)22-11-18-2-1-6-20(18,14-22)15-24-12-16-3-7-21-8-4-16;3-2(4,5)1(6)7/h3-5,7-9,13,18H,1-2,6,10-12,14-15H2;(H,6,7)/t18-,20+;/m1./s1. The van der Waals surface area contributed by atoms with Crippen LogP contribution in [0.1, 0.15) is 30.4 Å². The van der Waals surface area contributed by atoms with E-state index in [4.69, 9.17) is 14.6 Å². The van der Waals surface area contributed by atoms with Crippen LogP contribution in [0.15, 0.2) is 41.4 Å². The van der Waals surface area contributed by atoms with Gasteiger partial charge >= 0.3 is 12.1 Å². The minimum atomic E-state index is -5.08. The highest BCUT2D eigenvalue weighted by Crippen LogP contribution is 2.49. The minimum absolute atomic E-state index is 0.164. The zero-order chi connectivity index (χ0) is 23.2. The molecule has 0 aromatic carbocycles. The van der Waals surface area contributed by atoms with Gasteiger partial charge in [-0.2, -0.15) is 24.5 Å². The van der Waals surface area contributed by atoms with Crippen molar-refractivity contribution in [2.24, 2.45) is 11.3 Å². The van der Waals surface area contributed by atoms with E-state index in [1.54, 1.807) is 23.7 Å². The van der Waals surface area contributed by atoms with Crippen LogP contribution < -0.4 is 0 Å². The number of rotatable bonds is 6. The number of hydrogen-bond donors (Lipinski definition) is 1. The van der Waals surface area contributed by atoms with E-state index in [0.717, 1.165) is 30.8 Å². The third kappa shape index (κ3) is 6.29. The second-order valence-electron chi connectivity index (χ2n) is 8.19. The van der Waals surface area contributed by atoms with Gasteiger partial charge in [-0.25, -0.2) is 4.79 Å². The van der Waals surface area contributed by atoms with E-state index in [1.807, 2.05) is 23.6 Å². The lowest BCUT2D eigenvalue weighted by molar-refractivity contribution is -0.192. The third-order valence-electron chi connectivity index (χ3n) is 5.98. The molecule has 3 heterocycles. The molecule has 32 heavy (non-hydrogen) atoms. The zero-order valence-corrected chi connectivity index (χ0v) is 18.2. The largest absolute Gasteiger partial charge is 0.490 e. The number of ether oxygens (including phenoxy) is 1. The van der Waals surface area contributed by atoms with Gasteiger partial charge in [-0.15, -0.1) is 0 Å². The van der Waals surface area contributed by atoms with E-state index < -0.39 is 12.1 Å². The van der Waals surface area contributed by atoms with E-state index in [9.17, 15) is 18.0 Å². The molecule has 2 aliphatic rings. The van der Waals surface area contributed by atoms with Crippen molar-refractivity contribution < 1.29 is 32.6 Å². The molecule has 2 fully saturated rings. The van der Waals surface area contributed by atoms with Gasteiger partial charge in [0, 0.05) is 30.9 Å². The highest BCUT2D eigenvalue weighted by atomic mass is 32.1. The summed E-state index contributed by atoms with van der Waals surface area (Å²) in [5.41, 5.74) is 2.46. The first-order chi connectivity index (χ1) is 15.2. The minimum Gasteiger partial charge on any atom is -0.475 e. The summed E-state index contributed by atoms with van der Waals surface area (Å²) in [5.74, 6) is -1.90. The molecular weight excluding hydrogens is 445 g/mol. The second kappa shape index (κ2) is 10.4. The molecule has 0 unspecified atom stereocenters. The number of halogens is 3. The molecule has 2 aromatic rings. The molecule has 174 valence electrons. The Morgan fingerprint density at radius 2 is 1.97 bits per heavy atom. The Kier molecular flexibility index (Phi) is 7.89. The summed E-state index contributed by atoms with van der Waals surface area (Å²) < 4.78 is 37.8. The Bertz CT molecular complexity index is 892. The second-order valence-corrected chi connectivity index (χ2v) is 8.97. The van der Waals surface area contributed by atoms with E-state index in [2.05, 4.69) is 15.3 Å². The maximum absolute atomic E-state index is 12.7. The van der Waals surface area contributed by atoms with E-state index >= 15 is 0 Å². The molecule has 1 N–H and O–H groups in total. The van der Waals surface area contributed by atoms with Gasteiger partial charge in [0.1, 0.15) is 0 Å². The number of nitrogens with zero attached hydrogens (tertiary/aromatic N) is 2. The molecule has 1 aliphatic heterocycles. The molecule has 2 aromatic heterocycles. The Morgan fingerprint density at radius 1 is 1.25 bits per heavy atom. The van der Waals surface area contributed by atoms with Crippen molar-refractivity contribution in [3.8, 4) is 0 Å². The van der Waals surface area contributed by atoms with Crippen LogP contribution >= 0.6 is 11.3 Å². The number of amides is 1. The Hall–Kier alpha value is -2.46. The monoisotopic (exact) mass is 470 g/mol. The number of carboxylic acids is 1. The van der Waals surface area contributed by atoms with Crippen LogP contribution in [0.25, 0.3) is 0 Å². The van der Waals surface area contributed by atoms with Crippen LogP contribution in [-0.4, -0.2) is 52.7 Å². The molecule has 4 rings (SSSR count). The molecular formula is C22H25F3N2O4S. The number of carbonyl (C=O) groups is 2. The number of pyridine rings is 1. The number of aromatic nitrogens is 1. The number of carbonyl (C=O) groups excluding carboxylic acids is 1. The average molecular weight is 471 g/mol. The Labute approximate surface area is 188 Å². The number of carboxylic acid groups (broad SMARTS) is 1. The number of thiophene rings is 1. The summed E-state index contributed by atoms with van der Waals surface area (Å²) >= 11 is 1.65. The number of alkyl halides is 3. The van der Waals surface area contributed by atoms with E-state index in [-0.39, 0.29) is 11.3 Å². The molecule has 2 atom stereocenters. The number of aliphatic carboxylic acids is 1. The van der Waals surface area contributed by atoms with Gasteiger partial charge in [0.25, 0.3) is 0 Å². The Morgan fingerprint density at radius 3 is 2.59 bits per heavy atom. The van der Waals surface area contributed by atoms with Crippen LogP contribution in [-0.2, 0) is 27.4 Å². The maximum Gasteiger partial charge on any atom is 0.490 e. The number of fused-ring (bicyclic) bond motifs is 1. The summed E-state index contributed by atoms with van der Waals surface area (Å²) in [7, 11) is 0. The molecule has 0 spiro atoms. The molecule has 0 bridgehead atoms. The quantitative estimate of drug-likeness (QED) is 0.686. The van der Waals surface area contributed by atoms with Gasteiger partial charge in [-0.05, 0) is 58.8 Å². The van der Waals surface area contributed by atoms with Gasteiger partial charge in [-0.3, -0.25) is 9.78 Å². The lowest BCUT2D eigenvalue weighted by atomic mass is 9.81.